The highest BCUT2D eigenvalue weighted by atomic mass is 35.5. The quantitative estimate of drug-likeness (QED) is 0.751. The van der Waals surface area contributed by atoms with Gasteiger partial charge in [0.1, 0.15) is 11.3 Å². The number of methoxy groups -OCH3 is 1. The topological polar surface area (TPSA) is 84.3 Å². The number of carbonyl (C=O) groups is 1. The number of hydrogen-bond donors (Lipinski definition) is 2. The lowest BCUT2D eigenvalue weighted by Crippen LogP contribution is -2.04. The van der Waals surface area contributed by atoms with Crippen molar-refractivity contribution in [1.82, 2.24) is 9.97 Å². The fourth-order valence-corrected chi connectivity index (χ4v) is 2.76. The molecule has 1 aromatic heterocycles. The van der Waals surface area contributed by atoms with Crippen molar-refractivity contribution in [3.63, 3.8) is 0 Å². The predicted molar refractivity (Wildman–Crippen MR) is 93.0 cm³/mol. The zero-order valence-electron chi connectivity index (χ0n) is 13.0. The van der Waals surface area contributed by atoms with Crippen molar-refractivity contribution in [3.8, 4) is 16.9 Å². The van der Waals surface area contributed by atoms with Crippen molar-refractivity contribution in [2.24, 2.45) is 0 Å². The van der Waals surface area contributed by atoms with Crippen LogP contribution in [0.5, 0.6) is 5.75 Å². The second kappa shape index (κ2) is 6.33. The minimum absolute atomic E-state index is 0.0995. The molecule has 0 fully saturated rings. The Morgan fingerprint density at radius 2 is 2.12 bits per heavy atom. The molecular formula is C17H14ClN3O3. The van der Waals surface area contributed by atoms with Gasteiger partial charge in [0.2, 0.25) is 5.95 Å². The molecule has 0 amide bonds. The molecule has 6 nitrogen and oxygen atoms in total. The largest absolute Gasteiger partial charge is 0.494 e. The third-order valence-electron chi connectivity index (χ3n) is 3.62. The Hall–Kier alpha value is -2.86. The van der Waals surface area contributed by atoms with Crippen LogP contribution in [0.3, 0.4) is 0 Å². The van der Waals surface area contributed by atoms with E-state index in [-0.39, 0.29) is 5.56 Å². The first-order valence-corrected chi connectivity index (χ1v) is 7.47. The van der Waals surface area contributed by atoms with Gasteiger partial charge < -0.3 is 15.2 Å². The predicted octanol–water partition coefficient (Wildman–Crippen LogP) is 3.70. The van der Waals surface area contributed by atoms with Crippen molar-refractivity contribution < 1.29 is 14.6 Å². The lowest BCUT2D eigenvalue weighted by Gasteiger charge is -2.14. The third-order valence-corrected chi connectivity index (χ3v) is 3.86. The Morgan fingerprint density at radius 3 is 2.75 bits per heavy atom. The summed E-state index contributed by atoms with van der Waals surface area (Å²) in [5, 5.41) is 13.6. The maximum atomic E-state index is 11.8. The van der Waals surface area contributed by atoms with Gasteiger partial charge in [-0.1, -0.05) is 23.7 Å². The number of nitrogens with one attached hydrogen (secondary N) is 1. The van der Waals surface area contributed by atoms with Crippen LogP contribution in [0.1, 0.15) is 10.4 Å². The molecule has 0 aliphatic rings. The molecule has 3 aromatic rings. The summed E-state index contributed by atoms with van der Waals surface area (Å²) in [4.78, 5) is 20.4. The van der Waals surface area contributed by atoms with Crippen LogP contribution in [0.15, 0.2) is 36.5 Å². The molecule has 0 radical (unpaired) electrons. The first kappa shape index (κ1) is 16.0. The number of anilines is 1. The van der Waals surface area contributed by atoms with E-state index in [0.717, 1.165) is 0 Å². The van der Waals surface area contributed by atoms with Crippen LogP contribution >= 0.6 is 11.6 Å². The molecular weight excluding hydrogens is 330 g/mol. The second-order valence-electron chi connectivity index (χ2n) is 5.02. The minimum Gasteiger partial charge on any atom is -0.494 e. The lowest BCUT2D eigenvalue weighted by atomic mass is 9.95. The summed E-state index contributed by atoms with van der Waals surface area (Å²) in [5.41, 5.74) is 1.80. The van der Waals surface area contributed by atoms with Crippen LogP contribution in [0, 0.1) is 0 Å². The fourth-order valence-electron chi connectivity index (χ4n) is 2.57. The lowest BCUT2D eigenvalue weighted by molar-refractivity contribution is 0.0697. The summed E-state index contributed by atoms with van der Waals surface area (Å²) < 4.78 is 5.32. The normalized spacial score (nSPS) is 10.6. The monoisotopic (exact) mass is 343 g/mol. The van der Waals surface area contributed by atoms with Gasteiger partial charge in [0.05, 0.1) is 12.7 Å². The second-order valence-corrected chi connectivity index (χ2v) is 5.46. The van der Waals surface area contributed by atoms with Crippen molar-refractivity contribution in [3.05, 3.63) is 47.1 Å². The molecule has 2 N–H and O–H groups in total. The number of rotatable bonds is 4. The summed E-state index contributed by atoms with van der Waals surface area (Å²) >= 11 is 6.07. The first-order chi connectivity index (χ1) is 11.5. The number of ether oxygens (including phenoxy) is 1. The van der Waals surface area contributed by atoms with Gasteiger partial charge >= 0.3 is 5.97 Å². The fraction of sp³-hybridized carbons (Fsp3) is 0.118. The highest BCUT2D eigenvalue weighted by Crippen LogP contribution is 2.37. The molecule has 0 spiro atoms. The molecule has 24 heavy (non-hydrogen) atoms. The molecule has 0 bridgehead atoms. The summed E-state index contributed by atoms with van der Waals surface area (Å²) in [6, 6.07) is 8.47. The summed E-state index contributed by atoms with van der Waals surface area (Å²) in [5.74, 6) is -0.282. The number of nitrogens with zero attached hydrogens (tertiary/aromatic N) is 2. The number of fused-ring (bicyclic) bond motifs is 1. The molecule has 0 aliphatic heterocycles. The molecule has 122 valence electrons. The van der Waals surface area contributed by atoms with Crippen molar-refractivity contribution >= 4 is 34.4 Å². The summed E-state index contributed by atoms with van der Waals surface area (Å²) in [6.45, 7) is 0. The maximum Gasteiger partial charge on any atom is 0.336 e. The van der Waals surface area contributed by atoms with Crippen molar-refractivity contribution in [1.29, 1.82) is 0 Å². The standard InChI is InChI=1S/C17H14ClN3O3/c1-19-17-20-8-12-14(9-4-3-5-10(18)6-9)11(16(22)23)7-13(24-2)15(12)21-17/h3-8H,1-2H3,(H,22,23)(H,19,20,21). The Bertz CT molecular complexity index is 944. The number of carboxylic acid groups (broad SMARTS) is 1. The number of aromatic carboxylic acids is 1. The van der Waals surface area contributed by atoms with E-state index >= 15 is 0 Å². The third kappa shape index (κ3) is 2.72. The molecule has 0 saturated carbocycles. The Morgan fingerprint density at radius 1 is 1.33 bits per heavy atom. The maximum absolute atomic E-state index is 11.8. The highest BCUT2D eigenvalue weighted by molar-refractivity contribution is 6.31. The number of carboxylic acids is 1. The molecule has 0 aliphatic carbocycles. The molecule has 3 rings (SSSR count). The van der Waals surface area contributed by atoms with Gasteiger partial charge in [-0.15, -0.1) is 0 Å². The molecule has 0 unspecified atom stereocenters. The molecule has 0 saturated heterocycles. The smallest absolute Gasteiger partial charge is 0.336 e. The van der Waals surface area contributed by atoms with E-state index in [9.17, 15) is 9.90 Å². The van der Waals surface area contributed by atoms with Gasteiger partial charge in [0, 0.05) is 29.2 Å². The van der Waals surface area contributed by atoms with E-state index in [1.807, 2.05) is 0 Å². The van der Waals surface area contributed by atoms with Crippen LogP contribution in [-0.4, -0.2) is 35.2 Å². The first-order valence-electron chi connectivity index (χ1n) is 7.10. The molecule has 0 atom stereocenters. The van der Waals surface area contributed by atoms with E-state index in [1.54, 1.807) is 37.5 Å². The zero-order valence-corrected chi connectivity index (χ0v) is 13.8. The average Bonchev–Trinajstić information content (AvgIpc) is 2.59. The van der Waals surface area contributed by atoms with Gasteiger partial charge in [-0.2, -0.15) is 0 Å². The van der Waals surface area contributed by atoms with Crippen LogP contribution in [0.2, 0.25) is 5.02 Å². The van der Waals surface area contributed by atoms with E-state index < -0.39 is 5.97 Å². The minimum atomic E-state index is -1.07. The molecule has 1 heterocycles. The van der Waals surface area contributed by atoms with Crippen molar-refractivity contribution in [2.75, 3.05) is 19.5 Å². The van der Waals surface area contributed by atoms with Gasteiger partial charge in [0.25, 0.3) is 0 Å². The van der Waals surface area contributed by atoms with Gasteiger partial charge in [-0.25, -0.2) is 14.8 Å². The van der Waals surface area contributed by atoms with Crippen LogP contribution in [-0.2, 0) is 0 Å². The SMILES string of the molecule is CNc1ncc2c(-c3cccc(Cl)c3)c(C(=O)O)cc(OC)c2n1. The number of halogens is 1. The van der Waals surface area contributed by atoms with E-state index in [4.69, 9.17) is 16.3 Å². The van der Waals surface area contributed by atoms with Crippen LogP contribution < -0.4 is 10.1 Å². The van der Waals surface area contributed by atoms with Gasteiger partial charge in [-0.3, -0.25) is 0 Å². The number of benzene rings is 2. The van der Waals surface area contributed by atoms with Gasteiger partial charge in [0.15, 0.2) is 0 Å². The van der Waals surface area contributed by atoms with Gasteiger partial charge in [-0.05, 0) is 23.8 Å². The van der Waals surface area contributed by atoms with Crippen LogP contribution in [0.25, 0.3) is 22.0 Å². The molecule has 2 aromatic carbocycles. The average molecular weight is 344 g/mol. The van der Waals surface area contributed by atoms with Crippen molar-refractivity contribution in [2.45, 2.75) is 0 Å². The highest BCUT2D eigenvalue weighted by Gasteiger charge is 2.20. The summed E-state index contributed by atoms with van der Waals surface area (Å²) in [6.07, 6.45) is 1.58. The van der Waals surface area contributed by atoms with E-state index in [2.05, 4.69) is 15.3 Å². The Labute approximate surface area is 143 Å². The zero-order chi connectivity index (χ0) is 17.3. The van der Waals surface area contributed by atoms with Crippen LogP contribution in [0.4, 0.5) is 5.95 Å². The Balaban J connectivity index is 2.45. The summed E-state index contributed by atoms with van der Waals surface area (Å²) in [7, 11) is 3.18. The number of aromatic nitrogens is 2. The van der Waals surface area contributed by atoms with E-state index in [1.165, 1.54) is 13.2 Å². The van der Waals surface area contributed by atoms with E-state index in [0.29, 0.717) is 38.8 Å². The Kier molecular flexibility index (Phi) is 4.22. The molecule has 7 heteroatoms. The number of hydrogen-bond acceptors (Lipinski definition) is 5.